The van der Waals surface area contributed by atoms with Crippen molar-refractivity contribution in [3.8, 4) is 0 Å². The molecule has 96 valence electrons. The fourth-order valence-corrected chi connectivity index (χ4v) is 3.11. The molecule has 0 atom stereocenters. The van der Waals surface area contributed by atoms with Crippen LogP contribution in [0.1, 0.15) is 18.9 Å². The average molecular weight is 279 g/mol. The predicted octanol–water partition coefficient (Wildman–Crippen LogP) is 0.563. The third-order valence-corrected chi connectivity index (χ3v) is 3.73. The van der Waals surface area contributed by atoms with Crippen LogP contribution in [0.4, 0.5) is 5.13 Å². The molecule has 17 heavy (non-hydrogen) atoms. The standard InChI is InChI=1S/C8H13N3O4S2/c1-5(2)3-6-9-10-8(16-6)11-17(14,15)4-7(12)13/h5H,3-4H2,1-2H3,(H,10,11)(H,12,13). The summed E-state index contributed by atoms with van der Waals surface area (Å²) in [5.41, 5.74) is 0. The number of carboxylic acid groups (broad SMARTS) is 1. The van der Waals surface area contributed by atoms with Gasteiger partial charge in [0, 0.05) is 6.42 Å². The van der Waals surface area contributed by atoms with Crippen LogP contribution < -0.4 is 4.72 Å². The molecule has 0 fully saturated rings. The number of aromatic nitrogens is 2. The van der Waals surface area contributed by atoms with E-state index in [0.29, 0.717) is 17.3 Å². The van der Waals surface area contributed by atoms with Gasteiger partial charge in [0.25, 0.3) is 0 Å². The third kappa shape index (κ3) is 5.09. The summed E-state index contributed by atoms with van der Waals surface area (Å²) in [5, 5.41) is 16.7. The van der Waals surface area contributed by atoms with Crippen molar-refractivity contribution in [1.82, 2.24) is 10.2 Å². The lowest BCUT2D eigenvalue weighted by Crippen LogP contribution is -2.22. The van der Waals surface area contributed by atoms with E-state index in [4.69, 9.17) is 5.11 Å². The van der Waals surface area contributed by atoms with Crippen LogP contribution in [0, 0.1) is 5.92 Å². The van der Waals surface area contributed by atoms with Crippen molar-refractivity contribution in [3.63, 3.8) is 0 Å². The first-order valence-corrected chi connectivity index (χ1v) is 7.30. The van der Waals surface area contributed by atoms with E-state index in [-0.39, 0.29) is 5.13 Å². The Kier molecular flexibility index (Phi) is 4.40. The zero-order valence-electron chi connectivity index (χ0n) is 9.37. The van der Waals surface area contributed by atoms with Gasteiger partial charge in [-0.05, 0) is 5.92 Å². The number of anilines is 1. The molecule has 0 aliphatic carbocycles. The molecule has 2 N–H and O–H groups in total. The summed E-state index contributed by atoms with van der Waals surface area (Å²) in [4.78, 5) is 10.3. The van der Waals surface area contributed by atoms with Crippen LogP contribution in [0.25, 0.3) is 0 Å². The van der Waals surface area contributed by atoms with Gasteiger partial charge < -0.3 is 5.11 Å². The molecule has 0 bridgehead atoms. The molecule has 0 amide bonds. The monoisotopic (exact) mass is 279 g/mol. The van der Waals surface area contributed by atoms with Crippen LogP contribution in [0.3, 0.4) is 0 Å². The fourth-order valence-electron chi connectivity index (χ4n) is 1.06. The summed E-state index contributed by atoms with van der Waals surface area (Å²) >= 11 is 1.11. The van der Waals surface area contributed by atoms with Crippen LogP contribution >= 0.6 is 11.3 Å². The zero-order valence-corrected chi connectivity index (χ0v) is 11.0. The molecular formula is C8H13N3O4S2. The molecule has 1 rings (SSSR count). The van der Waals surface area contributed by atoms with Gasteiger partial charge in [-0.2, -0.15) is 0 Å². The van der Waals surface area contributed by atoms with Gasteiger partial charge in [0.15, 0.2) is 5.75 Å². The van der Waals surface area contributed by atoms with Crippen LogP contribution in [-0.2, 0) is 21.2 Å². The van der Waals surface area contributed by atoms with Gasteiger partial charge in [0.2, 0.25) is 15.2 Å². The second-order valence-corrected chi connectivity index (χ2v) is 6.64. The Hall–Kier alpha value is -1.22. The quantitative estimate of drug-likeness (QED) is 0.787. The topological polar surface area (TPSA) is 109 Å². The number of hydrogen-bond donors (Lipinski definition) is 2. The van der Waals surface area contributed by atoms with Crippen molar-refractivity contribution >= 4 is 32.5 Å². The van der Waals surface area contributed by atoms with Crippen molar-refractivity contribution < 1.29 is 18.3 Å². The van der Waals surface area contributed by atoms with Crippen LogP contribution in [0.15, 0.2) is 0 Å². The minimum absolute atomic E-state index is 0.0990. The Bertz CT molecular complexity index is 495. The number of sulfonamides is 1. The Labute approximate surface area is 103 Å². The summed E-state index contributed by atoms with van der Waals surface area (Å²) in [6, 6.07) is 0. The lowest BCUT2D eigenvalue weighted by molar-refractivity contribution is -0.134. The summed E-state index contributed by atoms with van der Waals surface area (Å²) in [6.45, 7) is 4.02. The smallest absolute Gasteiger partial charge is 0.320 e. The number of nitrogens with one attached hydrogen (secondary N) is 1. The molecule has 0 radical (unpaired) electrons. The van der Waals surface area contributed by atoms with Crippen molar-refractivity contribution in [2.24, 2.45) is 5.92 Å². The van der Waals surface area contributed by atoms with Crippen molar-refractivity contribution in [2.75, 3.05) is 10.5 Å². The van der Waals surface area contributed by atoms with Gasteiger partial charge >= 0.3 is 5.97 Å². The van der Waals surface area contributed by atoms with E-state index in [0.717, 1.165) is 11.3 Å². The molecule has 0 unspecified atom stereocenters. The molecule has 1 aromatic rings. The SMILES string of the molecule is CC(C)Cc1nnc(NS(=O)(=O)CC(=O)O)s1. The number of carboxylic acids is 1. The highest BCUT2D eigenvalue weighted by molar-refractivity contribution is 7.93. The predicted molar refractivity (Wildman–Crippen MR) is 63.5 cm³/mol. The van der Waals surface area contributed by atoms with Crippen molar-refractivity contribution in [2.45, 2.75) is 20.3 Å². The van der Waals surface area contributed by atoms with E-state index in [9.17, 15) is 13.2 Å². The maximum atomic E-state index is 11.3. The lowest BCUT2D eigenvalue weighted by Gasteiger charge is -2.00. The normalized spacial score (nSPS) is 11.7. The molecule has 0 spiro atoms. The van der Waals surface area contributed by atoms with Gasteiger partial charge in [0.1, 0.15) is 5.01 Å². The minimum Gasteiger partial charge on any atom is -0.480 e. The molecule has 0 aliphatic heterocycles. The van der Waals surface area contributed by atoms with E-state index >= 15 is 0 Å². The Balaban J connectivity index is 2.69. The Morgan fingerprint density at radius 2 is 2.12 bits per heavy atom. The number of nitrogens with zero attached hydrogens (tertiary/aromatic N) is 2. The van der Waals surface area contributed by atoms with Gasteiger partial charge in [-0.3, -0.25) is 9.52 Å². The maximum Gasteiger partial charge on any atom is 0.320 e. The third-order valence-electron chi connectivity index (χ3n) is 1.61. The molecule has 0 saturated heterocycles. The highest BCUT2D eigenvalue weighted by Crippen LogP contribution is 2.19. The van der Waals surface area contributed by atoms with Gasteiger partial charge in [0.05, 0.1) is 0 Å². The second-order valence-electron chi connectivity index (χ2n) is 3.85. The number of aliphatic carboxylic acids is 1. The molecular weight excluding hydrogens is 266 g/mol. The Morgan fingerprint density at radius 1 is 1.47 bits per heavy atom. The highest BCUT2D eigenvalue weighted by atomic mass is 32.2. The molecule has 7 nitrogen and oxygen atoms in total. The summed E-state index contributed by atoms with van der Waals surface area (Å²) in [7, 11) is -3.89. The second kappa shape index (κ2) is 5.41. The number of carbonyl (C=O) groups is 1. The van der Waals surface area contributed by atoms with Crippen LogP contribution in [-0.4, -0.2) is 35.4 Å². The largest absolute Gasteiger partial charge is 0.480 e. The molecule has 0 aliphatic rings. The molecule has 1 heterocycles. The molecule has 0 saturated carbocycles. The minimum atomic E-state index is -3.89. The van der Waals surface area contributed by atoms with Gasteiger partial charge in [-0.15, -0.1) is 10.2 Å². The van der Waals surface area contributed by atoms with E-state index < -0.39 is 21.7 Å². The van der Waals surface area contributed by atoms with E-state index in [1.165, 1.54) is 0 Å². The van der Waals surface area contributed by atoms with Gasteiger partial charge in [-0.1, -0.05) is 25.2 Å². The molecule has 0 aromatic carbocycles. The zero-order chi connectivity index (χ0) is 13.1. The van der Waals surface area contributed by atoms with Crippen molar-refractivity contribution in [3.05, 3.63) is 5.01 Å². The molecule has 9 heteroatoms. The first-order chi connectivity index (χ1) is 7.78. The van der Waals surface area contributed by atoms with Gasteiger partial charge in [-0.25, -0.2) is 8.42 Å². The maximum absolute atomic E-state index is 11.3. The lowest BCUT2D eigenvalue weighted by atomic mass is 10.1. The number of hydrogen-bond acceptors (Lipinski definition) is 6. The van der Waals surface area contributed by atoms with Crippen molar-refractivity contribution in [1.29, 1.82) is 0 Å². The number of rotatable bonds is 6. The summed E-state index contributed by atoms with van der Waals surface area (Å²) < 4.78 is 24.7. The first-order valence-electron chi connectivity index (χ1n) is 4.83. The summed E-state index contributed by atoms with van der Waals surface area (Å²) in [6.07, 6.45) is 0.707. The van der Waals surface area contributed by atoms with Crippen LogP contribution in [0.2, 0.25) is 0 Å². The Morgan fingerprint density at radius 3 is 2.65 bits per heavy atom. The average Bonchev–Trinajstić information content (AvgIpc) is 2.46. The highest BCUT2D eigenvalue weighted by Gasteiger charge is 2.18. The van der Waals surface area contributed by atoms with Crippen LogP contribution in [0.5, 0.6) is 0 Å². The summed E-state index contributed by atoms with van der Waals surface area (Å²) in [5.74, 6) is -2.00. The fraction of sp³-hybridized carbons (Fsp3) is 0.625. The first kappa shape index (κ1) is 13.8. The molecule has 1 aromatic heterocycles. The van der Waals surface area contributed by atoms with E-state index in [2.05, 4.69) is 14.9 Å². The van der Waals surface area contributed by atoms with E-state index in [1.807, 2.05) is 13.8 Å². The van der Waals surface area contributed by atoms with E-state index in [1.54, 1.807) is 0 Å².